The van der Waals surface area contributed by atoms with Gasteiger partial charge in [-0.3, -0.25) is 13.8 Å². The molecule has 0 bridgehead atoms. The number of aliphatic hydroxyl groups excluding tert-OH is 1. The standard InChI is InChI=1S/C39H81N2O6P/c1-3-5-7-9-11-13-15-17-19-20-22-24-26-28-30-32-38(42)37(36-47-48(44,45)46-35-34-40)41-39(43)33-31-29-27-25-23-21-18-16-14-12-10-8-6-4-2/h37-38,42H,3-36,40H2,1-2H3,(H,41,43)(H,44,45)/t37-,38+/m0/s1. The van der Waals surface area contributed by atoms with Gasteiger partial charge >= 0.3 is 7.82 Å². The van der Waals surface area contributed by atoms with Gasteiger partial charge in [0, 0.05) is 13.0 Å². The maximum absolute atomic E-state index is 12.7. The highest BCUT2D eigenvalue weighted by molar-refractivity contribution is 7.47. The van der Waals surface area contributed by atoms with Gasteiger partial charge in [0.15, 0.2) is 0 Å². The minimum Gasteiger partial charge on any atom is -0.391 e. The smallest absolute Gasteiger partial charge is 0.391 e. The van der Waals surface area contributed by atoms with Crippen LogP contribution in [0, 0.1) is 0 Å². The molecule has 0 aromatic rings. The number of phosphoric acid groups is 1. The molecule has 1 amide bonds. The number of aliphatic hydroxyl groups is 1. The Balaban J connectivity index is 4.17. The van der Waals surface area contributed by atoms with Gasteiger partial charge in [0.05, 0.1) is 25.4 Å². The first kappa shape index (κ1) is 47.5. The first-order valence-electron chi connectivity index (χ1n) is 20.7. The summed E-state index contributed by atoms with van der Waals surface area (Å²) in [5, 5.41) is 13.8. The van der Waals surface area contributed by atoms with Crippen molar-refractivity contribution in [3.8, 4) is 0 Å². The summed E-state index contributed by atoms with van der Waals surface area (Å²) in [5.41, 5.74) is 5.37. The van der Waals surface area contributed by atoms with Crippen LogP contribution in [0.4, 0.5) is 0 Å². The Morgan fingerprint density at radius 2 is 0.958 bits per heavy atom. The molecule has 5 N–H and O–H groups in total. The minimum atomic E-state index is -4.30. The Hall–Kier alpha value is -0.500. The lowest BCUT2D eigenvalue weighted by Crippen LogP contribution is -2.46. The molecule has 8 nitrogen and oxygen atoms in total. The van der Waals surface area contributed by atoms with E-state index in [1.165, 1.54) is 148 Å². The predicted octanol–water partition coefficient (Wildman–Crippen LogP) is 11.1. The normalized spacial score (nSPS) is 14.2. The number of unbranched alkanes of at least 4 members (excludes halogenated alkanes) is 27. The number of nitrogens with two attached hydrogens (primary N) is 1. The minimum absolute atomic E-state index is 0.0923. The van der Waals surface area contributed by atoms with Gasteiger partial charge in [0.25, 0.3) is 0 Å². The quantitative estimate of drug-likeness (QED) is 0.0370. The topological polar surface area (TPSA) is 131 Å². The molecule has 0 aliphatic carbocycles. The number of hydrogen-bond acceptors (Lipinski definition) is 6. The van der Waals surface area contributed by atoms with Crippen molar-refractivity contribution in [2.75, 3.05) is 19.8 Å². The molecule has 0 aliphatic heterocycles. The molecule has 0 aromatic heterocycles. The predicted molar refractivity (Wildman–Crippen MR) is 203 cm³/mol. The zero-order chi connectivity index (χ0) is 35.4. The molecule has 0 saturated carbocycles. The van der Waals surface area contributed by atoms with Crippen LogP contribution in [0.3, 0.4) is 0 Å². The van der Waals surface area contributed by atoms with Crippen LogP contribution in [-0.2, 0) is 18.4 Å². The fraction of sp³-hybridized carbons (Fsp3) is 0.974. The molecule has 0 aromatic carbocycles. The van der Waals surface area contributed by atoms with E-state index in [4.69, 9.17) is 14.8 Å². The van der Waals surface area contributed by atoms with Gasteiger partial charge in [-0.2, -0.15) is 0 Å². The second kappa shape index (κ2) is 36.3. The molecule has 0 heterocycles. The van der Waals surface area contributed by atoms with E-state index in [2.05, 4.69) is 19.2 Å². The number of carbonyl (C=O) groups excluding carboxylic acids is 1. The Bertz CT molecular complexity index is 729. The van der Waals surface area contributed by atoms with E-state index in [-0.39, 0.29) is 25.7 Å². The maximum atomic E-state index is 12.7. The molecule has 288 valence electrons. The van der Waals surface area contributed by atoms with Crippen LogP contribution in [0.5, 0.6) is 0 Å². The van der Waals surface area contributed by atoms with E-state index in [9.17, 15) is 19.4 Å². The first-order valence-corrected chi connectivity index (χ1v) is 22.1. The third kappa shape index (κ3) is 34.0. The monoisotopic (exact) mass is 705 g/mol. The van der Waals surface area contributed by atoms with Crippen molar-refractivity contribution in [3.05, 3.63) is 0 Å². The SMILES string of the molecule is CCCCCCCCCCCCCCCCC[C@@H](O)[C@H](COP(=O)(O)OCCN)NC(=O)CCCCCCCCCCCCCCCC. The first-order chi connectivity index (χ1) is 23.4. The fourth-order valence-corrected chi connectivity index (χ4v) is 7.07. The lowest BCUT2D eigenvalue weighted by Gasteiger charge is -2.25. The van der Waals surface area contributed by atoms with Gasteiger partial charge in [-0.05, 0) is 12.8 Å². The Morgan fingerprint density at radius 3 is 1.33 bits per heavy atom. The number of nitrogens with one attached hydrogen (secondary N) is 1. The van der Waals surface area contributed by atoms with Crippen molar-refractivity contribution < 1.29 is 28.4 Å². The maximum Gasteiger partial charge on any atom is 0.472 e. The zero-order valence-electron chi connectivity index (χ0n) is 31.7. The van der Waals surface area contributed by atoms with E-state index in [1.807, 2.05) is 0 Å². The van der Waals surface area contributed by atoms with Crippen LogP contribution < -0.4 is 11.1 Å². The summed E-state index contributed by atoms with van der Waals surface area (Å²) in [7, 11) is -4.30. The number of amides is 1. The molecule has 1 unspecified atom stereocenters. The average molecular weight is 705 g/mol. The molecule has 3 atom stereocenters. The molecular weight excluding hydrogens is 623 g/mol. The molecule has 0 radical (unpaired) electrons. The molecule has 0 fully saturated rings. The third-order valence-corrected chi connectivity index (χ3v) is 10.4. The summed E-state index contributed by atoms with van der Waals surface area (Å²) in [4.78, 5) is 22.7. The largest absolute Gasteiger partial charge is 0.472 e. The van der Waals surface area contributed by atoms with Crippen molar-refractivity contribution in [1.82, 2.24) is 5.32 Å². The average Bonchev–Trinajstić information content (AvgIpc) is 3.07. The van der Waals surface area contributed by atoms with Crippen molar-refractivity contribution in [3.63, 3.8) is 0 Å². The Labute approximate surface area is 297 Å². The van der Waals surface area contributed by atoms with Gasteiger partial charge in [-0.1, -0.05) is 194 Å². The highest BCUT2D eigenvalue weighted by atomic mass is 31.2. The summed E-state index contributed by atoms with van der Waals surface area (Å²) < 4.78 is 22.1. The third-order valence-electron chi connectivity index (χ3n) is 9.46. The Morgan fingerprint density at radius 1 is 0.604 bits per heavy atom. The highest BCUT2D eigenvalue weighted by Crippen LogP contribution is 2.43. The lowest BCUT2D eigenvalue weighted by atomic mass is 10.0. The van der Waals surface area contributed by atoms with Crippen LogP contribution >= 0.6 is 7.82 Å². The summed E-state index contributed by atoms with van der Waals surface area (Å²) in [5.74, 6) is -0.159. The molecule has 0 saturated heterocycles. The van der Waals surface area contributed by atoms with Crippen molar-refractivity contribution in [2.24, 2.45) is 5.73 Å². The van der Waals surface area contributed by atoms with E-state index < -0.39 is 20.0 Å². The highest BCUT2D eigenvalue weighted by Gasteiger charge is 2.27. The van der Waals surface area contributed by atoms with Crippen LogP contribution in [-0.4, -0.2) is 47.8 Å². The van der Waals surface area contributed by atoms with Gasteiger partial charge in [-0.25, -0.2) is 4.57 Å². The number of hydrogen-bond donors (Lipinski definition) is 4. The van der Waals surface area contributed by atoms with Gasteiger partial charge in [0.1, 0.15) is 0 Å². The molecule has 0 rings (SSSR count). The number of carbonyl (C=O) groups is 1. The zero-order valence-corrected chi connectivity index (χ0v) is 32.6. The van der Waals surface area contributed by atoms with Crippen molar-refractivity contribution >= 4 is 13.7 Å². The Kier molecular flexibility index (Phi) is 35.9. The molecule has 48 heavy (non-hydrogen) atoms. The van der Waals surface area contributed by atoms with E-state index in [0.717, 1.165) is 38.5 Å². The number of rotatable bonds is 39. The lowest BCUT2D eigenvalue weighted by molar-refractivity contribution is -0.123. The molecule has 0 spiro atoms. The van der Waals surface area contributed by atoms with E-state index in [1.54, 1.807) is 0 Å². The van der Waals surface area contributed by atoms with Crippen molar-refractivity contribution in [1.29, 1.82) is 0 Å². The molecule has 0 aliphatic rings. The fourth-order valence-electron chi connectivity index (χ4n) is 6.31. The summed E-state index contributed by atoms with van der Waals surface area (Å²) in [6.07, 6.45) is 36.7. The van der Waals surface area contributed by atoms with Crippen LogP contribution in [0.15, 0.2) is 0 Å². The van der Waals surface area contributed by atoms with Gasteiger partial charge in [0.2, 0.25) is 5.91 Å². The van der Waals surface area contributed by atoms with Crippen LogP contribution in [0.2, 0.25) is 0 Å². The van der Waals surface area contributed by atoms with E-state index in [0.29, 0.717) is 12.8 Å². The van der Waals surface area contributed by atoms with Gasteiger partial charge < -0.3 is 21.1 Å². The van der Waals surface area contributed by atoms with Crippen LogP contribution in [0.1, 0.15) is 213 Å². The summed E-state index contributed by atoms with van der Waals surface area (Å²) in [6.45, 7) is 4.22. The second-order valence-electron chi connectivity index (χ2n) is 14.2. The van der Waals surface area contributed by atoms with Crippen molar-refractivity contribution in [2.45, 2.75) is 225 Å². The molecule has 9 heteroatoms. The summed E-state index contributed by atoms with van der Waals surface area (Å²) in [6, 6.07) is -0.766. The van der Waals surface area contributed by atoms with Gasteiger partial charge in [-0.15, -0.1) is 0 Å². The van der Waals surface area contributed by atoms with Crippen LogP contribution in [0.25, 0.3) is 0 Å². The second-order valence-corrected chi connectivity index (χ2v) is 15.7. The number of phosphoric ester groups is 1. The summed E-state index contributed by atoms with van der Waals surface area (Å²) >= 11 is 0. The van der Waals surface area contributed by atoms with E-state index >= 15 is 0 Å². The molecular formula is C39H81N2O6P.